The Bertz CT molecular complexity index is 474. The minimum absolute atomic E-state index is 0.112. The summed E-state index contributed by atoms with van der Waals surface area (Å²) in [5.41, 5.74) is 6.43. The molecule has 1 amide bonds. The number of hydrogen-bond acceptors (Lipinski definition) is 4. The lowest BCUT2D eigenvalue weighted by atomic mass is 10.1. The number of hydrogen-bond donors (Lipinski definition) is 3. The third-order valence-corrected chi connectivity index (χ3v) is 2.72. The van der Waals surface area contributed by atoms with Crippen molar-refractivity contribution in [2.45, 2.75) is 25.8 Å². The number of carboxylic acid groups (broad SMARTS) is 1. The first-order valence-electron chi connectivity index (χ1n) is 5.94. The van der Waals surface area contributed by atoms with Crippen molar-refractivity contribution in [3.63, 3.8) is 0 Å². The van der Waals surface area contributed by atoms with Gasteiger partial charge in [0.2, 0.25) is 0 Å². The molecule has 1 rings (SSSR count). The van der Waals surface area contributed by atoms with Gasteiger partial charge in [-0.2, -0.15) is 0 Å². The molecule has 0 saturated heterocycles. The standard InChI is InChI=1S/C13H18N2O4/c1-3-9(7-12(16)17)15-13(18)10-5-4-8(14)6-11(10)19-2/h4-6,9H,3,7,14H2,1-2H3,(H,15,18)(H,16,17). The van der Waals surface area contributed by atoms with Crippen molar-refractivity contribution in [2.75, 3.05) is 12.8 Å². The summed E-state index contributed by atoms with van der Waals surface area (Å²) in [4.78, 5) is 22.7. The van der Waals surface area contributed by atoms with Crippen molar-refractivity contribution in [1.82, 2.24) is 5.32 Å². The van der Waals surface area contributed by atoms with Gasteiger partial charge in [-0.1, -0.05) is 6.92 Å². The van der Waals surface area contributed by atoms with Gasteiger partial charge in [0.05, 0.1) is 19.1 Å². The Morgan fingerprint density at radius 3 is 2.68 bits per heavy atom. The molecule has 1 aromatic rings. The number of nitrogens with two attached hydrogens (primary N) is 1. The van der Waals surface area contributed by atoms with Crippen molar-refractivity contribution in [2.24, 2.45) is 0 Å². The third-order valence-electron chi connectivity index (χ3n) is 2.72. The van der Waals surface area contributed by atoms with E-state index in [2.05, 4.69) is 5.32 Å². The van der Waals surface area contributed by atoms with Crippen LogP contribution in [0, 0.1) is 0 Å². The first-order chi connectivity index (χ1) is 8.97. The van der Waals surface area contributed by atoms with E-state index in [1.165, 1.54) is 7.11 Å². The van der Waals surface area contributed by atoms with Crippen LogP contribution >= 0.6 is 0 Å². The second-order valence-corrected chi connectivity index (χ2v) is 4.14. The van der Waals surface area contributed by atoms with Crippen LogP contribution in [-0.4, -0.2) is 30.1 Å². The van der Waals surface area contributed by atoms with E-state index in [-0.39, 0.29) is 12.3 Å². The Hall–Kier alpha value is -2.24. The fraction of sp³-hybridized carbons (Fsp3) is 0.385. The highest BCUT2D eigenvalue weighted by Gasteiger charge is 2.18. The summed E-state index contributed by atoms with van der Waals surface area (Å²) in [7, 11) is 1.44. The van der Waals surface area contributed by atoms with Gasteiger partial charge >= 0.3 is 5.97 Å². The van der Waals surface area contributed by atoms with E-state index in [1.54, 1.807) is 18.2 Å². The maximum atomic E-state index is 12.1. The summed E-state index contributed by atoms with van der Waals surface area (Å²) in [6, 6.07) is 4.28. The molecule has 0 bridgehead atoms. The first kappa shape index (κ1) is 14.8. The fourth-order valence-corrected chi connectivity index (χ4v) is 1.67. The van der Waals surface area contributed by atoms with Gasteiger partial charge in [0.1, 0.15) is 5.75 Å². The Morgan fingerprint density at radius 2 is 2.16 bits per heavy atom. The van der Waals surface area contributed by atoms with Gasteiger partial charge < -0.3 is 20.9 Å². The van der Waals surface area contributed by atoms with E-state index in [1.807, 2.05) is 6.92 Å². The quantitative estimate of drug-likeness (QED) is 0.673. The molecule has 1 atom stereocenters. The number of anilines is 1. The van der Waals surface area contributed by atoms with E-state index in [4.69, 9.17) is 15.6 Å². The molecule has 0 spiro atoms. The van der Waals surface area contributed by atoms with Gasteiger partial charge in [0.15, 0.2) is 0 Å². The third kappa shape index (κ3) is 4.17. The lowest BCUT2D eigenvalue weighted by Crippen LogP contribution is -2.36. The molecular formula is C13H18N2O4. The van der Waals surface area contributed by atoms with E-state index in [0.29, 0.717) is 23.4 Å². The molecule has 0 heterocycles. The van der Waals surface area contributed by atoms with Crippen molar-refractivity contribution in [3.8, 4) is 5.75 Å². The number of amides is 1. The van der Waals surface area contributed by atoms with Crippen molar-refractivity contribution in [1.29, 1.82) is 0 Å². The number of carbonyl (C=O) groups excluding carboxylic acids is 1. The SMILES string of the molecule is CCC(CC(=O)O)NC(=O)c1ccc(N)cc1OC. The predicted molar refractivity (Wildman–Crippen MR) is 71.2 cm³/mol. The van der Waals surface area contributed by atoms with E-state index in [0.717, 1.165) is 0 Å². The highest BCUT2D eigenvalue weighted by Crippen LogP contribution is 2.21. The molecule has 4 N–H and O–H groups in total. The van der Waals surface area contributed by atoms with Crippen molar-refractivity contribution >= 4 is 17.6 Å². The maximum absolute atomic E-state index is 12.1. The van der Waals surface area contributed by atoms with Crippen molar-refractivity contribution < 1.29 is 19.4 Å². The number of carbonyl (C=O) groups is 2. The smallest absolute Gasteiger partial charge is 0.305 e. The number of benzene rings is 1. The number of methoxy groups -OCH3 is 1. The number of nitrogens with one attached hydrogen (secondary N) is 1. The lowest BCUT2D eigenvalue weighted by Gasteiger charge is -2.16. The van der Waals surface area contributed by atoms with Crippen LogP contribution in [0.5, 0.6) is 5.75 Å². The summed E-state index contributed by atoms with van der Waals surface area (Å²) < 4.78 is 5.09. The van der Waals surface area contributed by atoms with Gasteiger partial charge in [-0.05, 0) is 18.6 Å². The number of ether oxygens (including phenoxy) is 1. The molecule has 0 fully saturated rings. The van der Waals surface area contributed by atoms with E-state index >= 15 is 0 Å². The minimum Gasteiger partial charge on any atom is -0.496 e. The average molecular weight is 266 g/mol. The number of rotatable bonds is 6. The lowest BCUT2D eigenvalue weighted by molar-refractivity contribution is -0.137. The Balaban J connectivity index is 2.85. The summed E-state index contributed by atoms with van der Waals surface area (Å²) in [6.45, 7) is 1.81. The average Bonchev–Trinajstić information content (AvgIpc) is 2.36. The normalized spacial score (nSPS) is 11.7. The predicted octanol–water partition coefficient (Wildman–Crippen LogP) is 1.26. The van der Waals surface area contributed by atoms with Crippen LogP contribution in [0.4, 0.5) is 5.69 Å². The largest absolute Gasteiger partial charge is 0.496 e. The summed E-state index contributed by atoms with van der Waals surface area (Å²) in [5.74, 6) is -0.955. The van der Waals surface area contributed by atoms with Crippen LogP contribution in [0.15, 0.2) is 18.2 Å². The number of nitrogen functional groups attached to an aromatic ring is 1. The molecule has 6 nitrogen and oxygen atoms in total. The van der Waals surface area contributed by atoms with Crippen LogP contribution in [-0.2, 0) is 4.79 Å². The molecule has 0 radical (unpaired) electrons. The van der Waals surface area contributed by atoms with Crippen LogP contribution in [0.1, 0.15) is 30.1 Å². The van der Waals surface area contributed by atoms with Gasteiger partial charge in [-0.25, -0.2) is 0 Å². The molecule has 0 aromatic heterocycles. The molecule has 104 valence electrons. The van der Waals surface area contributed by atoms with E-state index < -0.39 is 12.0 Å². The highest BCUT2D eigenvalue weighted by atomic mass is 16.5. The van der Waals surface area contributed by atoms with Crippen LogP contribution in [0.3, 0.4) is 0 Å². The van der Waals surface area contributed by atoms with Gasteiger partial charge in [0, 0.05) is 17.8 Å². The molecule has 0 aliphatic rings. The second kappa shape index (κ2) is 6.63. The van der Waals surface area contributed by atoms with Gasteiger partial charge in [0.25, 0.3) is 5.91 Å². The zero-order valence-electron chi connectivity index (χ0n) is 11.0. The minimum atomic E-state index is -0.948. The molecular weight excluding hydrogens is 248 g/mol. The molecule has 0 aliphatic heterocycles. The fourth-order valence-electron chi connectivity index (χ4n) is 1.67. The zero-order valence-corrected chi connectivity index (χ0v) is 11.0. The molecule has 19 heavy (non-hydrogen) atoms. The Morgan fingerprint density at radius 1 is 1.47 bits per heavy atom. The summed E-state index contributed by atoms with van der Waals surface area (Å²) in [5, 5.41) is 11.4. The molecule has 0 saturated carbocycles. The van der Waals surface area contributed by atoms with Crippen LogP contribution in [0.2, 0.25) is 0 Å². The van der Waals surface area contributed by atoms with Crippen LogP contribution < -0.4 is 15.8 Å². The second-order valence-electron chi connectivity index (χ2n) is 4.14. The molecule has 0 aliphatic carbocycles. The summed E-state index contributed by atoms with van der Waals surface area (Å²) >= 11 is 0. The molecule has 6 heteroatoms. The highest BCUT2D eigenvalue weighted by molar-refractivity contribution is 5.97. The molecule has 1 aromatic carbocycles. The maximum Gasteiger partial charge on any atom is 0.305 e. The topological polar surface area (TPSA) is 102 Å². The van der Waals surface area contributed by atoms with Gasteiger partial charge in [-0.15, -0.1) is 0 Å². The first-order valence-corrected chi connectivity index (χ1v) is 5.94. The summed E-state index contributed by atoms with van der Waals surface area (Å²) in [6.07, 6.45) is 0.425. The van der Waals surface area contributed by atoms with Gasteiger partial charge in [-0.3, -0.25) is 9.59 Å². The molecule has 1 unspecified atom stereocenters. The van der Waals surface area contributed by atoms with E-state index in [9.17, 15) is 9.59 Å². The Labute approximate surface area is 111 Å². The Kier molecular flexibility index (Phi) is 5.17. The monoisotopic (exact) mass is 266 g/mol. The van der Waals surface area contributed by atoms with Crippen LogP contribution in [0.25, 0.3) is 0 Å². The number of carboxylic acids is 1. The number of aliphatic carboxylic acids is 1. The van der Waals surface area contributed by atoms with Crippen molar-refractivity contribution in [3.05, 3.63) is 23.8 Å². The zero-order chi connectivity index (χ0) is 14.4.